The molecule has 6 heteroatoms. The minimum Gasteiger partial charge on any atom is -0.462 e. The Balaban J connectivity index is 4.36. The lowest BCUT2D eigenvalue weighted by Gasteiger charge is -2.18. The third-order valence-corrected chi connectivity index (χ3v) is 11.5. The number of unbranched alkanes of at least 4 members (excludes halogenated alkanes) is 13. The summed E-state index contributed by atoms with van der Waals surface area (Å²) in [5, 5.41) is 0. The van der Waals surface area contributed by atoms with Crippen molar-refractivity contribution in [2.75, 3.05) is 13.2 Å². The molecule has 0 aliphatic heterocycles. The second-order valence-electron chi connectivity index (χ2n) is 18.4. The maximum Gasteiger partial charge on any atom is 0.306 e. The van der Waals surface area contributed by atoms with E-state index in [-0.39, 0.29) is 37.5 Å². The molecule has 1 atom stereocenters. The Labute approximate surface area is 448 Å². The molecule has 0 aromatic heterocycles. The van der Waals surface area contributed by atoms with Crippen LogP contribution in [-0.4, -0.2) is 37.2 Å². The average molecular weight is 1010 g/mol. The first kappa shape index (κ1) is 68.0. The zero-order valence-corrected chi connectivity index (χ0v) is 46.6. The van der Waals surface area contributed by atoms with Gasteiger partial charge in [-0.25, -0.2) is 0 Å². The molecule has 0 saturated carbocycles. The van der Waals surface area contributed by atoms with Crippen molar-refractivity contribution in [3.8, 4) is 0 Å². The van der Waals surface area contributed by atoms with E-state index in [1.165, 1.54) is 25.7 Å². The number of rotatable bonds is 50. The minimum atomic E-state index is -0.812. The van der Waals surface area contributed by atoms with Crippen molar-refractivity contribution in [3.05, 3.63) is 158 Å². The zero-order valence-electron chi connectivity index (χ0n) is 46.6. The van der Waals surface area contributed by atoms with Crippen LogP contribution in [0.25, 0.3) is 0 Å². The molecule has 0 aliphatic carbocycles. The maximum atomic E-state index is 12.8. The molecule has 73 heavy (non-hydrogen) atoms. The number of ether oxygens (including phenoxy) is 3. The Morgan fingerprint density at radius 1 is 0.288 bits per heavy atom. The molecule has 0 heterocycles. The summed E-state index contributed by atoms with van der Waals surface area (Å²) in [6.07, 6.45) is 86.8. The number of hydrogen-bond donors (Lipinski definition) is 0. The first-order valence-electron chi connectivity index (χ1n) is 29.0. The summed E-state index contributed by atoms with van der Waals surface area (Å²) in [4.78, 5) is 38.0. The predicted octanol–water partition coefficient (Wildman–Crippen LogP) is 19.8. The van der Waals surface area contributed by atoms with Gasteiger partial charge in [0.05, 0.1) is 0 Å². The highest BCUT2D eigenvalue weighted by molar-refractivity contribution is 5.71. The number of hydrogen-bond acceptors (Lipinski definition) is 6. The largest absolute Gasteiger partial charge is 0.462 e. The third-order valence-electron chi connectivity index (χ3n) is 11.5. The molecule has 0 N–H and O–H groups in total. The fourth-order valence-electron chi connectivity index (χ4n) is 7.25. The molecule has 0 rings (SSSR count). The Hall–Kier alpha value is -4.97. The average Bonchev–Trinajstić information content (AvgIpc) is 3.39. The molecule has 0 radical (unpaired) electrons. The lowest BCUT2D eigenvalue weighted by Crippen LogP contribution is -2.30. The molecule has 0 aliphatic rings. The third kappa shape index (κ3) is 57.8. The monoisotopic (exact) mass is 1000 g/mol. The summed E-state index contributed by atoms with van der Waals surface area (Å²) in [5.41, 5.74) is 0. The molecule has 1 unspecified atom stereocenters. The van der Waals surface area contributed by atoms with Crippen LogP contribution in [0.5, 0.6) is 0 Å². The van der Waals surface area contributed by atoms with Crippen molar-refractivity contribution in [2.45, 2.75) is 232 Å². The summed E-state index contributed by atoms with van der Waals surface area (Å²) in [7, 11) is 0. The molecular weight excluding hydrogens is 901 g/mol. The van der Waals surface area contributed by atoms with Crippen LogP contribution in [-0.2, 0) is 28.6 Å². The van der Waals surface area contributed by atoms with E-state index in [4.69, 9.17) is 14.2 Å². The van der Waals surface area contributed by atoms with Crippen LogP contribution in [0.2, 0.25) is 0 Å². The fourth-order valence-corrected chi connectivity index (χ4v) is 7.25. The van der Waals surface area contributed by atoms with Crippen molar-refractivity contribution in [1.29, 1.82) is 0 Å². The van der Waals surface area contributed by atoms with Crippen molar-refractivity contribution in [1.82, 2.24) is 0 Å². The quantitative estimate of drug-likeness (QED) is 0.0261. The Kier molecular flexibility index (Phi) is 55.5. The van der Waals surface area contributed by atoms with Crippen molar-refractivity contribution in [3.63, 3.8) is 0 Å². The molecule has 0 bridgehead atoms. The minimum absolute atomic E-state index is 0.106. The molecule has 0 aromatic carbocycles. The van der Waals surface area contributed by atoms with E-state index in [0.717, 1.165) is 154 Å². The molecule has 0 aromatic rings. The number of carbonyl (C=O) groups excluding carboxylic acids is 3. The Morgan fingerprint density at radius 2 is 0.534 bits per heavy atom. The van der Waals surface area contributed by atoms with E-state index in [9.17, 15) is 14.4 Å². The first-order chi connectivity index (χ1) is 36.0. The van der Waals surface area contributed by atoms with E-state index in [1.807, 2.05) is 0 Å². The molecule has 0 fully saturated rings. The van der Waals surface area contributed by atoms with E-state index >= 15 is 0 Å². The van der Waals surface area contributed by atoms with Crippen LogP contribution in [0.1, 0.15) is 226 Å². The van der Waals surface area contributed by atoms with Crippen LogP contribution < -0.4 is 0 Å². The van der Waals surface area contributed by atoms with Crippen LogP contribution in [0, 0.1) is 0 Å². The van der Waals surface area contributed by atoms with Gasteiger partial charge in [0.25, 0.3) is 0 Å². The predicted molar refractivity (Wildman–Crippen MR) is 315 cm³/mol. The van der Waals surface area contributed by atoms with E-state index < -0.39 is 6.10 Å². The molecule has 0 amide bonds. The van der Waals surface area contributed by atoms with Gasteiger partial charge in [0, 0.05) is 19.3 Å². The molecule has 0 saturated heterocycles. The smallest absolute Gasteiger partial charge is 0.306 e. The van der Waals surface area contributed by atoms with Crippen molar-refractivity contribution in [2.24, 2.45) is 0 Å². The highest BCUT2D eigenvalue weighted by Crippen LogP contribution is 2.13. The molecule has 6 nitrogen and oxygen atoms in total. The Bertz CT molecular complexity index is 1670. The lowest BCUT2D eigenvalue weighted by atomic mass is 10.1. The SMILES string of the molecule is CC/C=C\C/C=C\C/C=C\C/C=C\C/C=C\C/C=C\C/C=C\C/C=C\CCCCC(=O)OCC(COC(=O)CCCCCCCCC)OC(=O)CCCCCCC/C=C\C/C=C\C/C=C\C/C=C\C/C=C\CC. The molecule has 408 valence electrons. The standard InChI is InChI=1S/C67H104O6/c1-4-7-10-13-16-18-20-22-24-26-28-30-31-32-33-34-35-37-38-40-42-44-46-48-51-54-57-60-66(69)72-63-64(62-71-65(68)59-56-53-50-15-12-9-6-3)73-67(70)61-58-55-52-49-47-45-43-41-39-36-29-27-25-23-21-19-17-14-11-8-5-2/h7-8,10-11,16-19,22-25,28-30,32-33,35-37,40-43,46,48,64H,4-6,9,12-15,20-21,26-27,31,34,38-39,44-45,47,49-63H2,1-3H3/b10-7-,11-8-,18-16-,19-17-,24-22-,25-23-,30-28-,33-32-,36-29-,37-35-,42-40-,43-41-,48-46-. The summed E-state index contributed by atoms with van der Waals surface area (Å²) >= 11 is 0. The lowest BCUT2D eigenvalue weighted by molar-refractivity contribution is -0.167. The van der Waals surface area contributed by atoms with Gasteiger partial charge < -0.3 is 14.2 Å². The van der Waals surface area contributed by atoms with Gasteiger partial charge in [-0.05, 0) is 128 Å². The van der Waals surface area contributed by atoms with E-state index in [2.05, 4.69) is 179 Å². The van der Waals surface area contributed by atoms with Crippen molar-refractivity contribution < 1.29 is 28.6 Å². The number of carbonyl (C=O) groups is 3. The van der Waals surface area contributed by atoms with Gasteiger partial charge in [-0.2, -0.15) is 0 Å². The van der Waals surface area contributed by atoms with Crippen LogP contribution in [0.15, 0.2) is 158 Å². The van der Waals surface area contributed by atoms with Crippen LogP contribution in [0.3, 0.4) is 0 Å². The summed E-state index contributed by atoms with van der Waals surface area (Å²) in [6.45, 7) is 6.29. The first-order valence-corrected chi connectivity index (χ1v) is 29.0. The second-order valence-corrected chi connectivity index (χ2v) is 18.4. The Morgan fingerprint density at radius 3 is 0.863 bits per heavy atom. The maximum absolute atomic E-state index is 12.8. The van der Waals surface area contributed by atoms with Gasteiger partial charge in [-0.3, -0.25) is 14.4 Å². The zero-order chi connectivity index (χ0) is 52.9. The van der Waals surface area contributed by atoms with Gasteiger partial charge in [0.1, 0.15) is 13.2 Å². The normalized spacial score (nSPS) is 13.3. The van der Waals surface area contributed by atoms with Gasteiger partial charge >= 0.3 is 17.9 Å². The molecular formula is C67H104O6. The summed E-state index contributed by atoms with van der Waals surface area (Å²) in [5.74, 6) is -0.987. The highest BCUT2D eigenvalue weighted by Gasteiger charge is 2.19. The number of allylic oxidation sites excluding steroid dienone is 26. The second kappa shape index (κ2) is 59.6. The van der Waals surface area contributed by atoms with Gasteiger partial charge in [0.15, 0.2) is 6.10 Å². The topological polar surface area (TPSA) is 78.9 Å². The highest BCUT2D eigenvalue weighted by atomic mass is 16.6. The van der Waals surface area contributed by atoms with E-state index in [1.54, 1.807) is 0 Å². The molecule has 0 spiro atoms. The number of esters is 3. The summed E-state index contributed by atoms with van der Waals surface area (Å²) in [6, 6.07) is 0. The van der Waals surface area contributed by atoms with Gasteiger partial charge in [0.2, 0.25) is 0 Å². The van der Waals surface area contributed by atoms with Crippen LogP contribution in [0.4, 0.5) is 0 Å². The fraction of sp³-hybridized carbons (Fsp3) is 0.567. The summed E-state index contributed by atoms with van der Waals surface area (Å²) < 4.78 is 16.7. The van der Waals surface area contributed by atoms with E-state index in [0.29, 0.717) is 19.3 Å². The van der Waals surface area contributed by atoms with Gasteiger partial charge in [-0.15, -0.1) is 0 Å². The van der Waals surface area contributed by atoms with Gasteiger partial charge in [-0.1, -0.05) is 237 Å². The van der Waals surface area contributed by atoms with Crippen molar-refractivity contribution >= 4 is 17.9 Å². The van der Waals surface area contributed by atoms with Crippen LogP contribution >= 0.6 is 0 Å².